The molecule has 3 amide bonds. The van der Waals surface area contributed by atoms with Gasteiger partial charge in [0, 0.05) is 13.5 Å². The smallest absolute Gasteiger partial charge is 0.412 e. The summed E-state index contributed by atoms with van der Waals surface area (Å²) in [5.74, 6) is -7.75. The summed E-state index contributed by atoms with van der Waals surface area (Å²) in [6.45, 7) is 13.1. The third-order valence-corrected chi connectivity index (χ3v) is 14.3. The molecule has 3 aromatic carbocycles. The van der Waals surface area contributed by atoms with Crippen molar-refractivity contribution in [3.63, 3.8) is 0 Å². The summed E-state index contributed by atoms with van der Waals surface area (Å²) in [6, 6.07) is 27.3. The molecule has 0 aliphatic heterocycles. The summed E-state index contributed by atoms with van der Waals surface area (Å²) in [6.07, 6.45) is -0.763. The van der Waals surface area contributed by atoms with Crippen LogP contribution in [0.2, 0.25) is 18.1 Å². The first-order valence-electron chi connectivity index (χ1n) is 18.3. The first-order chi connectivity index (χ1) is 25.8. The lowest BCUT2D eigenvalue weighted by atomic mass is 9.85. The fraction of sp³-hybridized carbons (Fsp3) is 0.381. The third-order valence-electron chi connectivity index (χ3n) is 9.87. The lowest BCUT2D eigenvalue weighted by Crippen LogP contribution is -2.74. The molecule has 4 rings (SSSR count). The Kier molecular flexibility index (Phi) is 13.6. The predicted octanol–water partition coefficient (Wildman–Crippen LogP) is 8.09. The molecule has 13 heteroatoms. The average molecular weight is 775 g/mol. The minimum absolute atomic E-state index is 0.0414. The van der Waals surface area contributed by atoms with Gasteiger partial charge < -0.3 is 19.8 Å². The molecule has 0 bridgehead atoms. The van der Waals surface area contributed by atoms with Crippen molar-refractivity contribution < 1.29 is 32.3 Å². The van der Waals surface area contributed by atoms with Crippen LogP contribution in [-0.2, 0) is 37.5 Å². The molecule has 0 aliphatic rings. The predicted molar refractivity (Wildman–Crippen MR) is 213 cm³/mol. The van der Waals surface area contributed by atoms with E-state index in [2.05, 4.69) is 16.0 Å². The fourth-order valence-corrected chi connectivity index (χ4v) is 7.46. The van der Waals surface area contributed by atoms with Crippen LogP contribution in [0.15, 0.2) is 108 Å². The number of nitrogens with zero attached hydrogens (tertiary/aromatic N) is 1. The molecule has 0 spiro atoms. The zero-order valence-electron chi connectivity index (χ0n) is 32.7. The molecule has 0 saturated heterocycles. The number of aromatic nitrogens is 1. The molecule has 3 N–H and O–H groups in total. The van der Waals surface area contributed by atoms with Crippen LogP contribution in [0.25, 0.3) is 11.3 Å². The maximum atomic E-state index is 18.2. The lowest BCUT2D eigenvalue weighted by Gasteiger charge is -2.53. The zero-order chi connectivity index (χ0) is 40.6. The van der Waals surface area contributed by atoms with E-state index >= 15 is 13.6 Å². The number of anilines is 1. The maximum Gasteiger partial charge on any atom is 0.412 e. The molecule has 55 heavy (non-hydrogen) atoms. The topological polar surface area (TPSA) is 128 Å². The van der Waals surface area contributed by atoms with Crippen LogP contribution in [-0.4, -0.2) is 49.3 Å². The zero-order valence-corrected chi connectivity index (χ0v) is 33.7. The van der Waals surface area contributed by atoms with Crippen molar-refractivity contribution in [1.29, 1.82) is 0 Å². The molecule has 294 valence electrons. The van der Waals surface area contributed by atoms with Crippen LogP contribution in [0, 0.1) is 5.92 Å². The molecular weight excluding hydrogens is 723 g/mol. The molecule has 0 radical (unpaired) electrons. The second kappa shape index (κ2) is 17.5. The third kappa shape index (κ3) is 9.76. The number of rotatable bonds is 15. The van der Waals surface area contributed by atoms with Crippen molar-refractivity contribution >= 4 is 31.9 Å². The van der Waals surface area contributed by atoms with Gasteiger partial charge in [-0.1, -0.05) is 126 Å². The summed E-state index contributed by atoms with van der Waals surface area (Å²) >= 11 is 0. The SMILES string of the molecule is CC(=O)NC(C(C)C)C(O[Si](C)(C)C(C)(C)C)(n1c(-c2ccccc2)ccc(NC(=O)OCc2ccccc2)c1=O)C(F)(F)C(=O)NCCc1ccccc1. The first-order valence-corrected chi connectivity index (χ1v) is 21.2. The molecule has 0 saturated carbocycles. The summed E-state index contributed by atoms with van der Waals surface area (Å²) in [7, 11) is -3.45. The summed E-state index contributed by atoms with van der Waals surface area (Å²) < 4.78 is 49.4. The summed E-state index contributed by atoms with van der Waals surface area (Å²) in [5.41, 5.74) is -2.92. The summed E-state index contributed by atoms with van der Waals surface area (Å²) in [5, 5.41) is 6.77. The van der Waals surface area contributed by atoms with E-state index in [1.807, 2.05) is 45.0 Å². The molecule has 2 atom stereocenters. The normalized spacial score (nSPS) is 13.7. The minimum atomic E-state index is -4.53. The number of hydrogen-bond acceptors (Lipinski definition) is 6. The molecule has 0 aliphatic carbocycles. The quantitative estimate of drug-likeness (QED) is 0.105. The number of amides is 3. The lowest BCUT2D eigenvalue weighted by molar-refractivity contribution is -0.235. The van der Waals surface area contributed by atoms with Gasteiger partial charge in [0.25, 0.3) is 11.5 Å². The number of carbonyl (C=O) groups excluding carboxylic acids is 3. The highest BCUT2D eigenvalue weighted by atomic mass is 28.4. The van der Waals surface area contributed by atoms with E-state index in [1.165, 1.54) is 19.1 Å². The highest BCUT2D eigenvalue weighted by molar-refractivity contribution is 6.74. The Hall–Kier alpha value is -5.14. The molecule has 4 aromatic rings. The number of alkyl halides is 2. The number of halogens is 2. The van der Waals surface area contributed by atoms with Crippen LogP contribution >= 0.6 is 0 Å². The monoisotopic (exact) mass is 774 g/mol. The van der Waals surface area contributed by atoms with Gasteiger partial charge in [0.2, 0.25) is 11.6 Å². The average Bonchev–Trinajstić information content (AvgIpc) is 3.13. The molecule has 1 heterocycles. The Morgan fingerprint density at radius 3 is 1.89 bits per heavy atom. The van der Waals surface area contributed by atoms with Gasteiger partial charge in [0.05, 0.1) is 11.7 Å². The van der Waals surface area contributed by atoms with Gasteiger partial charge in [0.1, 0.15) is 12.3 Å². The van der Waals surface area contributed by atoms with E-state index in [0.29, 0.717) is 11.1 Å². The standard InChI is InChI=1S/C42H52F2N4O6Si/c1-29(2)36(46-30(3)49)42(54-55(7,8)40(4,5)6,41(43,44)38(51)45-27-26-31-18-12-9-13-19-31)48-35(33-22-16-11-17-23-33)25-24-34(37(48)50)47-39(52)53-28-32-20-14-10-15-21-32/h9-25,29,36H,26-28H2,1-8H3,(H,45,51)(H,46,49)(H,47,52). The van der Waals surface area contributed by atoms with E-state index < -0.39 is 66.1 Å². The number of benzene rings is 3. The van der Waals surface area contributed by atoms with E-state index in [4.69, 9.17) is 9.16 Å². The van der Waals surface area contributed by atoms with Gasteiger partial charge in [-0.3, -0.25) is 24.3 Å². The molecule has 10 nitrogen and oxygen atoms in total. The number of ether oxygens (including phenoxy) is 1. The van der Waals surface area contributed by atoms with Gasteiger partial charge in [-0.15, -0.1) is 0 Å². The van der Waals surface area contributed by atoms with Crippen molar-refractivity contribution in [3.05, 3.63) is 125 Å². The number of nitrogens with one attached hydrogen (secondary N) is 3. The Morgan fingerprint density at radius 1 is 0.818 bits per heavy atom. The van der Waals surface area contributed by atoms with E-state index in [1.54, 1.807) is 93.7 Å². The first kappa shape index (κ1) is 42.6. The van der Waals surface area contributed by atoms with Gasteiger partial charge in [-0.05, 0) is 59.3 Å². The van der Waals surface area contributed by atoms with E-state index in [0.717, 1.165) is 10.1 Å². The Labute approximate surface area is 322 Å². The van der Waals surface area contributed by atoms with E-state index in [9.17, 15) is 14.4 Å². The van der Waals surface area contributed by atoms with Crippen LogP contribution in [0.1, 0.15) is 52.7 Å². The highest BCUT2D eigenvalue weighted by Gasteiger charge is 2.69. The Bertz CT molecular complexity index is 1990. The largest absolute Gasteiger partial charge is 0.444 e. The van der Waals surface area contributed by atoms with Gasteiger partial charge in [-0.25, -0.2) is 4.79 Å². The Balaban J connectivity index is 2.04. The molecular formula is C42H52F2N4O6Si. The maximum absolute atomic E-state index is 18.2. The van der Waals surface area contributed by atoms with Gasteiger partial charge >= 0.3 is 12.0 Å². The number of hydrogen-bond donors (Lipinski definition) is 3. The number of pyridine rings is 1. The highest BCUT2D eigenvalue weighted by Crippen LogP contribution is 2.50. The van der Waals surface area contributed by atoms with Gasteiger partial charge in [-0.2, -0.15) is 8.78 Å². The van der Waals surface area contributed by atoms with Crippen molar-refractivity contribution in [1.82, 2.24) is 15.2 Å². The minimum Gasteiger partial charge on any atom is -0.444 e. The summed E-state index contributed by atoms with van der Waals surface area (Å²) in [4.78, 5) is 55.5. The van der Waals surface area contributed by atoms with Crippen molar-refractivity contribution in [2.75, 3.05) is 11.9 Å². The van der Waals surface area contributed by atoms with Gasteiger partial charge in [0.15, 0.2) is 8.32 Å². The van der Waals surface area contributed by atoms with Crippen molar-refractivity contribution in [2.45, 2.75) is 90.4 Å². The molecule has 0 fully saturated rings. The van der Waals surface area contributed by atoms with Crippen molar-refractivity contribution in [3.8, 4) is 11.3 Å². The second-order valence-corrected chi connectivity index (χ2v) is 20.1. The van der Waals surface area contributed by atoms with Crippen LogP contribution < -0.4 is 21.5 Å². The fourth-order valence-electron chi connectivity index (χ4n) is 6.03. The van der Waals surface area contributed by atoms with Crippen LogP contribution in [0.3, 0.4) is 0 Å². The number of carbonyl (C=O) groups is 3. The Morgan fingerprint density at radius 2 is 1.36 bits per heavy atom. The van der Waals surface area contributed by atoms with E-state index in [-0.39, 0.29) is 25.3 Å². The molecule has 2 unspecified atom stereocenters. The van der Waals surface area contributed by atoms with Crippen LogP contribution in [0.5, 0.6) is 0 Å². The van der Waals surface area contributed by atoms with Crippen molar-refractivity contribution in [2.24, 2.45) is 5.92 Å². The van der Waals surface area contributed by atoms with Crippen LogP contribution in [0.4, 0.5) is 19.3 Å². The second-order valence-electron chi connectivity index (χ2n) is 15.4. The molecule has 1 aromatic heterocycles.